The Morgan fingerprint density at radius 2 is 2.05 bits per heavy atom. The number of morpholine rings is 1. The highest BCUT2D eigenvalue weighted by Crippen LogP contribution is 2.39. The zero-order valence-electron chi connectivity index (χ0n) is 13.6. The predicted octanol–water partition coefficient (Wildman–Crippen LogP) is 1.92. The number of anilines is 2. The van der Waals surface area contributed by atoms with E-state index in [0.717, 1.165) is 51.2 Å². The topological polar surface area (TPSA) is 62.3 Å². The Labute approximate surface area is 132 Å². The zero-order chi connectivity index (χ0) is 15.4. The van der Waals surface area contributed by atoms with Gasteiger partial charge in [0.25, 0.3) is 0 Å². The van der Waals surface area contributed by atoms with Crippen LogP contribution in [0.1, 0.15) is 38.3 Å². The third kappa shape index (κ3) is 4.55. The highest BCUT2D eigenvalue weighted by atomic mass is 16.5. The molecule has 6 heteroatoms. The summed E-state index contributed by atoms with van der Waals surface area (Å²) in [5.41, 5.74) is 1.17. The normalized spacial score (nSPS) is 19.4. The van der Waals surface area contributed by atoms with Crippen LogP contribution in [0.5, 0.6) is 0 Å². The SMILES string of the molecule is CC(C)Nc1nc(NCCN2CCOCC2)cc(C2CC2)n1. The van der Waals surface area contributed by atoms with Gasteiger partial charge in [0.15, 0.2) is 0 Å². The van der Waals surface area contributed by atoms with Crippen molar-refractivity contribution in [3.05, 3.63) is 11.8 Å². The van der Waals surface area contributed by atoms with Crippen molar-refractivity contribution >= 4 is 11.8 Å². The molecule has 2 fully saturated rings. The molecule has 3 rings (SSSR count). The zero-order valence-corrected chi connectivity index (χ0v) is 13.6. The van der Waals surface area contributed by atoms with E-state index in [2.05, 4.69) is 45.4 Å². The number of hydrogen-bond acceptors (Lipinski definition) is 6. The molecule has 0 unspecified atom stereocenters. The maximum atomic E-state index is 5.38. The van der Waals surface area contributed by atoms with Crippen molar-refractivity contribution in [1.29, 1.82) is 0 Å². The quantitative estimate of drug-likeness (QED) is 0.802. The second-order valence-electron chi connectivity index (χ2n) is 6.46. The van der Waals surface area contributed by atoms with Crippen LogP contribution in [0, 0.1) is 0 Å². The van der Waals surface area contributed by atoms with Gasteiger partial charge in [0.2, 0.25) is 5.95 Å². The number of ether oxygens (including phenoxy) is 1. The van der Waals surface area contributed by atoms with E-state index in [1.54, 1.807) is 0 Å². The van der Waals surface area contributed by atoms with Gasteiger partial charge < -0.3 is 15.4 Å². The first-order chi connectivity index (χ1) is 10.7. The molecule has 0 radical (unpaired) electrons. The van der Waals surface area contributed by atoms with Gasteiger partial charge in [-0.05, 0) is 26.7 Å². The molecule has 1 aromatic heterocycles. The molecule has 6 nitrogen and oxygen atoms in total. The molecule has 1 aliphatic carbocycles. The third-order valence-electron chi connectivity index (χ3n) is 4.00. The van der Waals surface area contributed by atoms with E-state index in [1.807, 2.05) is 0 Å². The summed E-state index contributed by atoms with van der Waals surface area (Å²) in [4.78, 5) is 11.7. The first-order valence-electron chi connectivity index (χ1n) is 8.40. The molecule has 0 spiro atoms. The minimum atomic E-state index is 0.343. The Morgan fingerprint density at radius 3 is 2.73 bits per heavy atom. The number of hydrogen-bond donors (Lipinski definition) is 2. The van der Waals surface area contributed by atoms with Gasteiger partial charge in [-0.1, -0.05) is 0 Å². The van der Waals surface area contributed by atoms with Crippen LogP contribution in [-0.2, 0) is 4.74 Å². The molecular formula is C16H27N5O. The molecule has 1 saturated carbocycles. The summed E-state index contributed by atoms with van der Waals surface area (Å²) in [5, 5.41) is 6.77. The lowest BCUT2D eigenvalue weighted by Crippen LogP contribution is -2.39. The fraction of sp³-hybridized carbons (Fsp3) is 0.750. The van der Waals surface area contributed by atoms with Crippen molar-refractivity contribution in [3.63, 3.8) is 0 Å². The van der Waals surface area contributed by atoms with Crippen LogP contribution < -0.4 is 10.6 Å². The molecule has 2 N–H and O–H groups in total. The van der Waals surface area contributed by atoms with E-state index in [4.69, 9.17) is 4.74 Å². The van der Waals surface area contributed by atoms with Crippen molar-refractivity contribution in [2.45, 2.75) is 38.6 Å². The van der Waals surface area contributed by atoms with Gasteiger partial charge in [0.1, 0.15) is 5.82 Å². The van der Waals surface area contributed by atoms with Crippen LogP contribution in [0.2, 0.25) is 0 Å². The Balaban J connectivity index is 1.57. The van der Waals surface area contributed by atoms with E-state index >= 15 is 0 Å². The molecule has 0 amide bonds. The maximum Gasteiger partial charge on any atom is 0.225 e. The van der Waals surface area contributed by atoms with Crippen LogP contribution in [0.3, 0.4) is 0 Å². The average molecular weight is 305 g/mol. The van der Waals surface area contributed by atoms with Gasteiger partial charge in [-0.25, -0.2) is 4.98 Å². The Kier molecular flexibility index (Phi) is 5.10. The molecule has 1 aliphatic heterocycles. The molecule has 122 valence electrons. The minimum Gasteiger partial charge on any atom is -0.379 e. The van der Waals surface area contributed by atoms with Crippen LogP contribution in [-0.4, -0.2) is 60.3 Å². The molecule has 1 aromatic rings. The highest BCUT2D eigenvalue weighted by molar-refractivity contribution is 5.44. The fourth-order valence-corrected chi connectivity index (χ4v) is 2.63. The van der Waals surface area contributed by atoms with Crippen LogP contribution in [0.25, 0.3) is 0 Å². The summed E-state index contributed by atoms with van der Waals surface area (Å²) in [6, 6.07) is 2.46. The third-order valence-corrected chi connectivity index (χ3v) is 4.00. The van der Waals surface area contributed by atoms with Gasteiger partial charge in [0.05, 0.1) is 18.9 Å². The average Bonchev–Trinajstić information content (AvgIpc) is 3.32. The van der Waals surface area contributed by atoms with Crippen molar-refractivity contribution in [1.82, 2.24) is 14.9 Å². The summed E-state index contributed by atoms with van der Waals surface area (Å²) < 4.78 is 5.38. The standard InChI is InChI=1S/C16H27N5O/c1-12(2)18-16-19-14(13-3-4-13)11-15(20-16)17-5-6-21-7-9-22-10-8-21/h11-13H,3-10H2,1-2H3,(H2,17,18,19,20). The van der Waals surface area contributed by atoms with E-state index in [1.165, 1.54) is 18.5 Å². The lowest BCUT2D eigenvalue weighted by atomic mass is 10.2. The molecule has 0 bridgehead atoms. The Hall–Kier alpha value is -1.40. The van der Waals surface area contributed by atoms with E-state index in [-0.39, 0.29) is 0 Å². The van der Waals surface area contributed by atoms with Crippen LogP contribution >= 0.6 is 0 Å². The molecule has 2 aliphatic rings. The van der Waals surface area contributed by atoms with Gasteiger partial charge in [-0.2, -0.15) is 4.98 Å². The number of aromatic nitrogens is 2. The number of nitrogens with zero attached hydrogens (tertiary/aromatic N) is 3. The molecule has 0 atom stereocenters. The second-order valence-corrected chi connectivity index (χ2v) is 6.46. The van der Waals surface area contributed by atoms with E-state index in [0.29, 0.717) is 12.0 Å². The predicted molar refractivity (Wildman–Crippen MR) is 88.5 cm³/mol. The van der Waals surface area contributed by atoms with Crippen molar-refractivity contribution in [2.24, 2.45) is 0 Å². The lowest BCUT2D eigenvalue weighted by molar-refractivity contribution is 0.0398. The van der Waals surface area contributed by atoms with Crippen molar-refractivity contribution in [2.75, 3.05) is 50.0 Å². The lowest BCUT2D eigenvalue weighted by Gasteiger charge is -2.26. The Morgan fingerprint density at radius 1 is 1.27 bits per heavy atom. The van der Waals surface area contributed by atoms with Gasteiger partial charge in [-0.15, -0.1) is 0 Å². The first-order valence-corrected chi connectivity index (χ1v) is 8.40. The minimum absolute atomic E-state index is 0.343. The van der Waals surface area contributed by atoms with Crippen molar-refractivity contribution < 1.29 is 4.74 Å². The number of nitrogens with one attached hydrogen (secondary N) is 2. The van der Waals surface area contributed by atoms with Gasteiger partial charge in [0, 0.05) is 44.2 Å². The largest absolute Gasteiger partial charge is 0.379 e. The van der Waals surface area contributed by atoms with Gasteiger partial charge in [-0.3, -0.25) is 4.90 Å². The fourth-order valence-electron chi connectivity index (χ4n) is 2.63. The summed E-state index contributed by atoms with van der Waals surface area (Å²) in [6.07, 6.45) is 2.51. The molecular weight excluding hydrogens is 278 g/mol. The molecule has 0 aromatic carbocycles. The van der Waals surface area contributed by atoms with Crippen molar-refractivity contribution in [3.8, 4) is 0 Å². The second kappa shape index (κ2) is 7.24. The molecule has 22 heavy (non-hydrogen) atoms. The maximum absolute atomic E-state index is 5.38. The number of rotatable bonds is 7. The van der Waals surface area contributed by atoms with Crippen LogP contribution in [0.15, 0.2) is 6.07 Å². The summed E-state index contributed by atoms with van der Waals surface area (Å²) in [7, 11) is 0. The van der Waals surface area contributed by atoms with E-state index in [9.17, 15) is 0 Å². The summed E-state index contributed by atoms with van der Waals surface area (Å²) in [5.74, 6) is 2.32. The van der Waals surface area contributed by atoms with Gasteiger partial charge >= 0.3 is 0 Å². The molecule has 2 heterocycles. The smallest absolute Gasteiger partial charge is 0.225 e. The van der Waals surface area contributed by atoms with Crippen LogP contribution in [0.4, 0.5) is 11.8 Å². The molecule has 1 saturated heterocycles. The van der Waals surface area contributed by atoms with E-state index < -0.39 is 0 Å². The monoisotopic (exact) mass is 305 g/mol. The highest BCUT2D eigenvalue weighted by Gasteiger charge is 2.26. The Bertz CT molecular complexity index is 483. The first kappa shape index (κ1) is 15.5. The summed E-state index contributed by atoms with van der Waals surface area (Å²) in [6.45, 7) is 9.90. The summed E-state index contributed by atoms with van der Waals surface area (Å²) >= 11 is 0.